The van der Waals surface area contributed by atoms with E-state index in [-0.39, 0.29) is 47.9 Å². The van der Waals surface area contributed by atoms with Crippen LogP contribution in [0.25, 0.3) is 4.85 Å². The molecule has 4 aliphatic carbocycles. The highest BCUT2D eigenvalue weighted by Crippen LogP contribution is 2.67. The molecular weight excluding hydrogens is 768 g/mol. The van der Waals surface area contributed by atoms with Gasteiger partial charge >= 0.3 is 6.09 Å². The smallest absolute Gasteiger partial charge is 0.407 e. The Labute approximate surface area is 369 Å². The number of ether oxygens (including phenoxy) is 1. The number of likely N-dealkylation sites (tertiary alicyclic amines) is 1. The van der Waals surface area contributed by atoms with Crippen LogP contribution in [0, 0.1) is 58.3 Å². The van der Waals surface area contributed by atoms with Crippen LogP contribution < -0.4 is 5.32 Å². The fraction of sp³-hybridized carbons (Fsp3) is 0.900. The molecule has 342 valence electrons. The second kappa shape index (κ2) is 22.3. The third-order valence-corrected chi connectivity index (χ3v) is 18.2. The Balaban J connectivity index is 0.980. The number of nitrogens with zero attached hydrogens (tertiary/aromatic N) is 3. The Morgan fingerprint density at radius 3 is 2.38 bits per heavy atom. The minimum Gasteiger partial charge on any atom is -0.446 e. The van der Waals surface area contributed by atoms with E-state index in [1.54, 1.807) is 5.57 Å². The van der Waals surface area contributed by atoms with Gasteiger partial charge < -0.3 is 28.8 Å². The molecule has 1 N–H and O–H groups in total. The molecule has 1 unspecified atom stereocenters. The molecule has 1 heterocycles. The molecule has 60 heavy (non-hydrogen) atoms. The molecule has 4 fully saturated rings. The lowest BCUT2D eigenvalue weighted by Crippen LogP contribution is -2.51. The van der Waals surface area contributed by atoms with E-state index in [2.05, 4.69) is 83.2 Å². The van der Waals surface area contributed by atoms with Crippen molar-refractivity contribution in [3.05, 3.63) is 23.1 Å². The topological polar surface area (TPSA) is 84.7 Å². The molecule has 10 heteroatoms. The first-order valence-electron chi connectivity index (χ1n) is 25.2. The zero-order chi connectivity index (χ0) is 44.4. The zero-order valence-corrected chi connectivity index (χ0v) is 40.5. The van der Waals surface area contributed by atoms with E-state index >= 15 is 0 Å². The van der Waals surface area contributed by atoms with Crippen LogP contribution in [0.3, 0.4) is 0 Å². The fourth-order valence-electron chi connectivity index (χ4n) is 12.7. The monoisotopic (exact) mass is 857 g/mol. The second-order valence-electron chi connectivity index (χ2n) is 21.5. The maximum atomic E-state index is 13.2. The van der Waals surface area contributed by atoms with Crippen molar-refractivity contribution in [1.29, 1.82) is 0 Å². The van der Waals surface area contributed by atoms with Crippen molar-refractivity contribution in [3.63, 3.8) is 0 Å². The third kappa shape index (κ3) is 12.3. The Bertz CT molecular complexity index is 1470. The lowest BCUT2D eigenvalue weighted by molar-refractivity contribution is -0.133. The van der Waals surface area contributed by atoms with Gasteiger partial charge in [0.2, 0.25) is 12.5 Å². The first kappa shape index (κ1) is 47.8. The average molecular weight is 857 g/mol. The van der Waals surface area contributed by atoms with Crippen LogP contribution in [0.2, 0.25) is 0 Å². The molecule has 0 bridgehead atoms. The third-order valence-electron chi connectivity index (χ3n) is 16.2. The van der Waals surface area contributed by atoms with Crippen LogP contribution in [-0.4, -0.2) is 79.2 Å². The van der Waals surface area contributed by atoms with Crippen molar-refractivity contribution in [1.82, 2.24) is 14.9 Å². The summed E-state index contributed by atoms with van der Waals surface area (Å²) in [5, 5.41) is 3.01. The molecule has 1 aliphatic heterocycles. The van der Waals surface area contributed by atoms with Gasteiger partial charge in [0.25, 0.3) is 8.53 Å². The fourth-order valence-corrected chi connectivity index (χ4v) is 14.5. The molecule has 0 spiro atoms. The summed E-state index contributed by atoms with van der Waals surface area (Å²) < 4.78 is 29.2. The van der Waals surface area contributed by atoms with Gasteiger partial charge in [-0.15, -0.1) is 0 Å². The summed E-state index contributed by atoms with van der Waals surface area (Å²) in [6, 6.07) is 0.452. The molecule has 3 saturated carbocycles. The predicted molar refractivity (Wildman–Crippen MR) is 246 cm³/mol. The van der Waals surface area contributed by atoms with Gasteiger partial charge in [-0.2, -0.15) is 0 Å². The standard InChI is InChI=1S/C50H87N4O5P/c1-36(2)16-15-17-39(7)43-21-22-44-42-20-19-40-34-41(23-25-49(40,9)45(42)24-26-50(43,44)10)59-47(56)52-29-14-12-13-18-46(55)53-31-27-48(8,28-32-53)35-58-60(57-33-30-51-11)54(37(3)4)38(5)6/h19,36-39,41-45H,12-18,20-35H2,1-10H3,(H,52,56)/t39-,41+,42+,43-,44+,45+,49+,50-,60?/m1/s1/i8T. The SMILES string of the molecule is [3H]CC1(COP(OCC[N+]#[C-])N(C(C)C)C(C)C)CCN(C(=O)CCCCCNC(=O)O[C@H]2CC[C@@]3(C)C(=CC[C@H]4[C@@H]5CC[C@H]([C@H](C)CCCC(C)C)[C@@]5(C)CC[C@@H]43)C2)CC1. The summed E-state index contributed by atoms with van der Waals surface area (Å²) in [6.07, 6.45) is 20.6. The number of unbranched alkanes of at least 4 members (excludes halogenated alkanes) is 2. The van der Waals surface area contributed by atoms with Crippen molar-refractivity contribution < 1.29 is 24.7 Å². The van der Waals surface area contributed by atoms with Gasteiger partial charge in [0.05, 0.1) is 6.61 Å². The highest BCUT2D eigenvalue weighted by molar-refractivity contribution is 7.44. The average Bonchev–Trinajstić information content (AvgIpc) is 3.58. The Kier molecular flexibility index (Phi) is 17.7. The summed E-state index contributed by atoms with van der Waals surface area (Å²) in [5.74, 6) is 5.13. The van der Waals surface area contributed by atoms with Crippen LogP contribution >= 0.6 is 8.53 Å². The van der Waals surface area contributed by atoms with E-state index < -0.39 is 8.53 Å². The van der Waals surface area contributed by atoms with Crippen molar-refractivity contribution in [2.24, 2.45) is 51.8 Å². The van der Waals surface area contributed by atoms with E-state index in [4.69, 9.17) is 21.7 Å². The molecule has 1 saturated heterocycles. The number of fused-ring (bicyclic) bond motifs is 5. The number of piperidine rings is 1. The molecular formula is C50H87N4O5P. The summed E-state index contributed by atoms with van der Waals surface area (Å²) in [5.41, 5.74) is 2.00. The van der Waals surface area contributed by atoms with Gasteiger partial charge in [-0.05, 0) is 150 Å². The van der Waals surface area contributed by atoms with Gasteiger partial charge in [0, 0.05) is 45.9 Å². The van der Waals surface area contributed by atoms with Gasteiger partial charge in [-0.1, -0.05) is 78.9 Å². The molecule has 0 aromatic rings. The number of hydrogen-bond donors (Lipinski definition) is 1. The molecule has 9 atom stereocenters. The molecule has 0 aromatic heterocycles. The highest BCUT2D eigenvalue weighted by Gasteiger charge is 2.59. The molecule has 0 aromatic carbocycles. The Morgan fingerprint density at radius 1 is 0.950 bits per heavy atom. The summed E-state index contributed by atoms with van der Waals surface area (Å²) in [7, 11) is -1.35. The number of carbonyl (C=O) groups excluding carboxylic acids is 2. The largest absolute Gasteiger partial charge is 0.446 e. The van der Waals surface area contributed by atoms with Crippen molar-refractivity contribution in [2.45, 2.75) is 197 Å². The first-order chi connectivity index (χ1) is 29.1. The Hall–Kier alpha value is -1.72. The lowest BCUT2D eigenvalue weighted by atomic mass is 9.47. The maximum absolute atomic E-state index is 13.2. The highest BCUT2D eigenvalue weighted by atomic mass is 31.2. The van der Waals surface area contributed by atoms with E-state index in [1.807, 2.05) is 4.90 Å². The van der Waals surface area contributed by atoms with Crippen molar-refractivity contribution in [3.8, 4) is 0 Å². The zero-order valence-electron chi connectivity index (χ0n) is 40.6. The number of allylic oxidation sites excluding steroid dienone is 1. The quantitative estimate of drug-likeness (QED) is 0.0536. The predicted octanol–water partition coefficient (Wildman–Crippen LogP) is 12.6. The molecule has 2 amide bonds. The maximum Gasteiger partial charge on any atom is 0.407 e. The molecule has 5 rings (SSSR count). The summed E-state index contributed by atoms with van der Waals surface area (Å²) in [6.45, 7) is 31.3. The van der Waals surface area contributed by atoms with Gasteiger partial charge in [0.15, 0.2) is 0 Å². The minimum absolute atomic E-state index is 0.0456. The first-order valence-corrected chi connectivity index (χ1v) is 25.6. The molecule has 9 nitrogen and oxygen atoms in total. The van der Waals surface area contributed by atoms with E-state index in [1.165, 1.54) is 51.4 Å². The van der Waals surface area contributed by atoms with Crippen LogP contribution in [0.1, 0.15) is 180 Å². The normalized spacial score (nSPS) is 31.2. The molecule has 5 aliphatic rings. The van der Waals surface area contributed by atoms with Crippen LogP contribution in [-0.2, 0) is 18.6 Å². The van der Waals surface area contributed by atoms with E-state index in [0.717, 1.165) is 86.9 Å². The van der Waals surface area contributed by atoms with Gasteiger partial charge in [-0.3, -0.25) is 4.79 Å². The van der Waals surface area contributed by atoms with Crippen LogP contribution in [0.5, 0.6) is 0 Å². The number of alkyl carbamates (subject to hydrolysis) is 1. The van der Waals surface area contributed by atoms with Crippen molar-refractivity contribution >= 4 is 20.5 Å². The van der Waals surface area contributed by atoms with E-state index in [0.29, 0.717) is 51.2 Å². The summed E-state index contributed by atoms with van der Waals surface area (Å²) in [4.78, 5) is 31.5. The molecule has 0 radical (unpaired) electrons. The van der Waals surface area contributed by atoms with Crippen molar-refractivity contribution in [2.75, 3.05) is 39.4 Å². The van der Waals surface area contributed by atoms with Crippen LogP contribution in [0.4, 0.5) is 4.79 Å². The second-order valence-corrected chi connectivity index (χ2v) is 22.9. The van der Waals surface area contributed by atoms with Crippen LogP contribution in [0.15, 0.2) is 11.6 Å². The number of amides is 2. The number of nitrogens with one attached hydrogen (secondary N) is 1. The number of carbonyl (C=O) groups is 2. The minimum atomic E-state index is -1.35. The Morgan fingerprint density at radius 2 is 1.70 bits per heavy atom. The van der Waals surface area contributed by atoms with E-state index in [9.17, 15) is 9.59 Å². The lowest BCUT2D eigenvalue weighted by Gasteiger charge is -2.58. The number of rotatable bonds is 21. The van der Waals surface area contributed by atoms with Gasteiger partial charge in [-0.25, -0.2) is 16.0 Å². The van der Waals surface area contributed by atoms with Gasteiger partial charge in [0.1, 0.15) is 12.7 Å². The number of hydrogen-bond acceptors (Lipinski definition) is 6. The summed E-state index contributed by atoms with van der Waals surface area (Å²) >= 11 is 0.